The van der Waals surface area contributed by atoms with Crippen LogP contribution in [0, 0.1) is 13.8 Å². The molecule has 0 radical (unpaired) electrons. The fraction of sp³-hybridized carbons (Fsp3) is 0.286. The molecule has 1 aromatic carbocycles. The lowest BCUT2D eigenvalue weighted by Gasteiger charge is -2.09. The van der Waals surface area contributed by atoms with E-state index in [9.17, 15) is 0 Å². The largest absolute Gasteiger partial charge is 0.462 e. The Labute approximate surface area is 101 Å². The Kier molecular flexibility index (Phi) is 3.49. The van der Waals surface area contributed by atoms with Crippen LogP contribution in [0.15, 0.2) is 34.7 Å². The van der Waals surface area contributed by atoms with Crippen LogP contribution in [0.2, 0.25) is 0 Å². The molecule has 1 aromatic heterocycles. The average molecular weight is 231 g/mol. The van der Waals surface area contributed by atoms with Crippen LogP contribution in [0.25, 0.3) is 0 Å². The standard InChI is InChI=1S/C14H17NO2/c1-10-3-4-11(2)14(7-10)15-8-12-5-6-13(9-16)17-12/h3-7,15-16H,8-9H2,1-2H3. The first kappa shape index (κ1) is 11.7. The summed E-state index contributed by atoms with van der Waals surface area (Å²) in [4.78, 5) is 0. The first-order valence-electron chi connectivity index (χ1n) is 5.68. The smallest absolute Gasteiger partial charge is 0.129 e. The second kappa shape index (κ2) is 5.06. The third-order valence-corrected chi connectivity index (χ3v) is 2.72. The molecule has 2 rings (SSSR count). The van der Waals surface area contributed by atoms with Crippen LogP contribution in [-0.2, 0) is 13.2 Å². The highest BCUT2D eigenvalue weighted by molar-refractivity contribution is 5.52. The molecule has 3 nitrogen and oxygen atoms in total. The van der Waals surface area contributed by atoms with Crippen molar-refractivity contribution < 1.29 is 9.52 Å². The van der Waals surface area contributed by atoms with Gasteiger partial charge in [0.1, 0.15) is 18.1 Å². The van der Waals surface area contributed by atoms with Gasteiger partial charge in [0.05, 0.1) is 6.54 Å². The van der Waals surface area contributed by atoms with E-state index in [4.69, 9.17) is 9.52 Å². The van der Waals surface area contributed by atoms with Crippen LogP contribution in [0.4, 0.5) is 5.69 Å². The lowest BCUT2D eigenvalue weighted by atomic mass is 10.1. The molecule has 0 saturated carbocycles. The maximum Gasteiger partial charge on any atom is 0.129 e. The summed E-state index contributed by atoms with van der Waals surface area (Å²) in [7, 11) is 0. The van der Waals surface area contributed by atoms with Gasteiger partial charge in [-0.3, -0.25) is 0 Å². The minimum absolute atomic E-state index is 0.0521. The second-order valence-electron chi connectivity index (χ2n) is 4.20. The van der Waals surface area contributed by atoms with Crippen LogP contribution >= 0.6 is 0 Å². The van der Waals surface area contributed by atoms with Crippen molar-refractivity contribution in [3.63, 3.8) is 0 Å². The molecule has 0 fully saturated rings. The summed E-state index contributed by atoms with van der Waals surface area (Å²) in [6, 6.07) is 9.98. The molecule has 0 spiro atoms. The summed E-state index contributed by atoms with van der Waals surface area (Å²) in [6.45, 7) is 4.72. The van der Waals surface area contributed by atoms with E-state index in [1.807, 2.05) is 6.07 Å². The van der Waals surface area contributed by atoms with E-state index in [-0.39, 0.29) is 6.61 Å². The molecule has 0 amide bonds. The second-order valence-corrected chi connectivity index (χ2v) is 4.20. The van der Waals surface area contributed by atoms with Crippen LogP contribution in [0.1, 0.15) is 22.6 Å². The number of nitrogens with one attached hydrogen (secondary N) is 1. The minimum atomic E-state index is -0.0521. The highest BCUT2D eigenvalue weighted by Crippen LogP contribution is 2.18. The number of benzene rings is 1. The Bertz CT molecular complexity index is 503. The van der Waals surface area contributed by atoms with Crippen molar-refractivity contribution in [1.29, 1.82) is 0 Å². The van der Waals surface area contributed by atoms with Gasteiger partial charge in [-0.2, -0.15) is 0 Å². The van der Waals surface area contributed by atoms with E-state index in [1.54, 1.807) is 6.07 Å². The lowest BCUT2D eigenvalue weighted by Crippen LogP contribution is -2.00. The maximum atomic E-state index is 8.90. The molecule has 90 valence electrons. The molecule has 0 saturated heterocycles. The molecule has 0 aliphatic heterocycles. The van der Waals surface area contributed by atoms with E-state index in [0.717, 1.165) is 11.4 Å². The fourth-order valence-electron chi connectivity index (χ4n) is 1.71. The summed E-state index contributed by atoms with van der Waals surface area (Å²) in [5, 5.41) is 12.2. The quantitative estimate of drug-likeness (QED) is 0.850. The van der Waals surface area contributed by atoms with Crippen molar-refractivity contribution in [3.05, 3.63) is 53.0 Å². The van der Waals surface area contributed by atoms with Crippen molar-refractivity contribution in [2.24, 2.45) is 0 Å². The molecular formula is C14H17NO2. The van der Waals surface area contributed by atoms with Crippen molar-refractivity contribution in [3.8, 4) is 0 Å². The van der Waals surface area contributed by atoms with E-state index in [1.165, 1.54) is 11.1 Å². The van der Waals surface area contributed by atoms with Gasteiger partial charge in [-0.25, -0.2) is 0 Å². The first-order chi connectivity index (χ1) is 8.19. The van der Waals surface area contributed by atoms with Crippen molar-refractivity contribution in [2.75, 3.05) is 5.32 Å². The summed E-state index contributed by atoms with van der Waals surface area (Å²) < 4.78 is 5.41. The van der Waals surface area contributed by atoms with Gasteiger partial charge in [0, 0.05) is 5.69 Å². The topological polar surface area (TPSA) is 45.4 Å². The molecule has 17 heavy (non-hydrogen) atoms. The molecule has 0 unspecified atom stereocenters. The fourth-order valence-corrected chi connectivity index (χ4v) is 1.71. The van der Waals surface area contributed by atoms with E-state index in [2.05, 4.69) is 37.4 Å². The maximum absolute atomic E-state index is 8.90. The zero-order chi connectivity index (χ0) is 12.3. The van der Waals surface area contributed by atoms with Crippen LogP contribution in [0.5, 0.6) is 0 Å². The Morgan fingerprint density at radius 2 is 1.88 bits per heavy atom. The molecular weight excluding hydrogens is 214 g/mol. The number of furan rings is 1. The van der Waals surface area contributed by atoms with Crippen LogP contribution in [0.3, 0.4) is 0 Å². The molecule has 1 heterocycles. The van der Waals surface area contributed by atoms with Gasteiger partial charge in [-0.05, 0) is 43.2 Å². The van der Waals surface area contributed by atoms with Gasteiger partial charge in [0.25, 0.3) is 0 Å². The van der Waals surface area contributed by atoms with E-state index in [0.29, 0.717) is 12.3 Å². The van der Waals surface area contributed by atoms with Crippen molar-refractivity contribution >= 4 is 5.69 Å². The monoisotopic (exact) mass is 231 g/mol. The number of anilines is 1. The lowest BCUT2D eigenvalue weighted by molar-refractivity contribution is 0.244. The van der Waals surface area contributed by atoms with Gasteiger partial charge in [-0.1, -0.05) is 12.1 Å². The van der Waals surface area contributed by atoms with Crippen molar-refractivity contribution in [1.82, 2.24) is 0 Å². The Hall–Kier alpha value is -1.74. The Balaban J connectivity index is 2.04. The number of aryl methyl sites for hydroxylation is 2. The minimum Gasteiger partial charge on any atom is -0.462 e. The van der Waals surface area contributed by atoms with Gasteiger partial charge in [0.2, 0.25) is 0 Å². The third-order valence-electron chi connectivity index (χ3n) is 2.72. The van der Waals surface area contributed by atoms with Gasteiger partial charge in [-0.15, -0.1) is 0 Å². The summed E-state index contributed by atoms with van der Waals surface area (Å²) in [6.07, 6.45) is 0. The molecule has 0 bridgehead atoms. The highest BCUT2D eigenvalue weighted by Gasteiger charge is 2.02. The number of hydrogen-bond donors (Lipinski definition) is 2. The predicted molar refractivity (Wildman–Crippen MR) is 67.9 cm³/mol. The Morgan fingerprint density at radius 3 is 2.59 bits per heavy atom. The normalized spacial score (nSPS) is 10.5. The third kappa shape index (κ3) is 2.88. The van der Waals surface area contributed by atoms with Crippen molar-refractivity contribution in [2.45, 2.75) is 27.0 Å². The average Bonchev–Trinajstić information content (AvgIpc) is 2.78. The molecule has 0 atom stereocenters. The number of hydrogen-bond acceptors (Lipinski definition) is 3. The highest BCUT2D eigenvalue weighted by atomic mass is 16.4. The number of rotatable bonds is 4. The van der Waals surface area contributed by atoms with Crippen LogP contribution < -0.4 is 5.32 Å². The zero-order valence-electron chi connectivity index (χ0n) is 10.2. The first-order valence-corrected chi connectivity index (χ1v) is 5.68. The van der Waals surface area contributed by atoms with E-state index >= 15 is 0 Å². The van der Waals surface area contributed by atoms with Gasteiger partial charge in [0.15, 0.2) is 0 Å². The number of aliphatic hydroxyl groups excluding tert-OH is 1. The predicted octanol–water partition coefficient (Wildman–Crippen LogP) is 3.00. The zero-order valence-corrected chi connectivity index (χ0v) is 10.2. The van der Waals surface area contributed by atoms with Crippen LogP contribution in [-0.4, -0.2) is 5.11 Å². The summed E-state index contributed by atoms with van der Waals surface area (Å²) in [5.74, 6) is 1.43. The van der Waals surface area contributed by atoms with Gasteiger partial charge < -0.3 is 14.8 Å². The van der Waals surface area contributed by atoms with Gasteiger partial charge >= 0.3 is 0 Å². The molecule has 2 N–H and O–H groups in total. The molecule has 2 aromatic rings. The summed E-state index contributed by atoms with van der Waals surface area (Å²) in [5.41, 5.74) is 3.56. The molecule has 0 aliphatic rings. The Morgan fingerprint density at radius 1 is 1.12 bits per heavy atom. The SMILES string of the molecule is Cc1ccc(C)c(NCc2ccc(CO)o2)c1. The molecule has 0 aliphatic carbocycles. The summed E-state index contributed by atoms with van der Waals surface area (Å²) >= 11 is 0. The van der Waals surface area contributed by atoms with E-state index < -0.39 is 0 Å². The molecule has 3 heteroatoms. The number of aliphatic hydroxyl groups is 1.